The number of halogens is 1. The Morgan fingerprint density at radius 3 is 2.09 bits per heavy atom. The van der Waals surface area contributed by atoms with Crippen LogP contribution < -0.4 is 15.4 Å². The molecule has 0 spiro atoms. The van der Waals surface area contributed by atoms with Crippen LogP contribution in [0.1, 0.15) is 39.4 Å². The van der Waals surface area contributed by atoms with Crippen molar-refractivity contribution in [3.8, 4) is 16.9 Å². The number of fused-ring (bicyclic) bond motifs is 3. The predicted octanol–water partition coefficient (Wildman–Crippen LogP) is 6.10. The monoisotopic (exact) mass is 656 g/mol. The third-order valence-corrected chi connectivity index (χ3v) is 7.92. The second kappa shape index (κ2) is 13.6. The molecular weight excluding hydrogens is 628 g/mol. The average molecular weight is 658 g/mol. The highest BCUT2D eigenvalue weighted by atomic mass is 79.9. The minimum Gasteiger partial charge on any atom is -0.497 e. The van der Waals surface area contributed by atoms with Crippen LogP contribution in [-0.4, -0.2) is 50.6 Å². The molecule has 2 amide bonds. The van der Waals surface area contributed by atoms with Crippen LogP contribution in [0.25, 0.3) is 11.1 Å². The molecule has 1 aliphatic rings. The molecule has 0 radical (unpaired) electrons. The molecular formula is C34H29BrN2O7. The van der Waals surface area contributed by atoms with Gasteiger partial charge in [-0.15, -0.1) is 0 Å². The van der Waals surface area contributed by atoms with Gasteiger partial charge in [0, 0.05) is 21.5 Å². The molecule has 1 atom stereocenters. The van der Waals surface area contributed by atoms with E-state index in [4.69, 9.17) is 14.2 Å². The molecule has 10 heteroatoms. The van der Waals surface area contributed by atoms with E-state index >= 15 is 0 Å². The van der Waals surface area contributed by atoms with E-state index in [-0.39, 0.29) is 29.6 Å². The van der Waals surface area contributed by atoms with Gasteiger partial charge in [0.15, 0.2) is 5.78 Å². The third-order valence-electron chi connectivity index (χ3n) is 7.39. The number of rotatable bonds is 10. The molecule has 9 nitrogen and oxygen atoms in total. The van der Waals surface area contributed by atoms with Crippen LogP contribution in [0.15, 0.2) is 95.5 Å². The molecule has 1 aliphatic carbocycles. The summed E-state index contributed by atoms with van der Waals surface area (Å²) in [6.45, 7) is 0.0245. The van der Waals surface area contributed by atoms with Crippen molar-refractivity contribution >= 4 is 45.4 Å². The lowest BCUT2D eigenvalue weighted by Crippen LogP contribution is -2.45. The lowest BCUT2D eigenvalue weighted by molar-refractivity contribution is -0.142. The molecule has 0 aromatic heterocycles. The highest BCUT2D eigenvalue weighted by molar-refractivity contribution is 9.10. The zero-order valence-corrected chi connectivity index (χ0v) is 25.6. The fourth-order valence-electron chi connectivity index (χ4n) is 5.17. The smallest absolute Gasteiger partial charge is 0.407 e. The van der Waals surface area contributed by atoms with Crippen LogP contribution >= 0.6 is 15.9 Å². The number of esters is 1. The summed E-state index contributed by atoms with van der Waals surface area (Å²) in [5, 5.41) is 5.17. The van der Waals surface area contributed by atoms with Crippen molar-refractivity contribution in [3.63, 3.8) is 0 Å². The minimum atomic E-state index is -1.35. The highest BCUT2D eigenvalue weighted by Gasteiger charge is 2.31. The number of anilines is 1. The molecule has 4 aromatic carbocycles. The first kappa shape index (κ1) is 30.5. The van der Waals surface area contributed by atoms with Crippen molar-refractivity contribution < 1.29 is 33.4 Å². The molecule has 4 aromatic rings. The minimum absolute atomic E-state index is 0.0245. The normalized spacial score (nSPS) is 12.3. The summed E-state index contributed by atoms with van der Waals surface area (Å²) >= 11 is 3.36. The number of ketones is 1. The Labute approximate surface area is 262 Å². The van der Waals surface area contributed by atoms with Crippen molar-refractivity contribution in [2.75, 3.05) is 26.1 Å². The van der Waals surface area contributed by atoms with Crippen molar-refractivity contribution in [2.45, 2.75) is 18.4 Å². The largest absolute Gasteiger partial charge is 0.497 e. The summed E-state index contributed by atoms with van der Waals surface area (Å²) in [7, 11) is 2.65. The van der Waals surface area contributed by atoms with Crippen LogP contribution in [0.2, 0.25) is 0 Å². The summed E-state index contributed by atoms with van der Waals surface area (Å²) in [6, 6.07) is 25.9. The molecule has 224 valence electrons. The maximum absolute atomic E-state index is 13.5. The number of carbonyl (C=O) groups is 4. The van der Waals surface area contributed by atoms with Crippen molar-refractivity contribution in [1.82, 2.24) is 5.32 Å². The van der Waals surface area contributed by atoms with Crippen LogP contribution in [0, 0.1) is 0 Å². The maximum Gasteiger partial charge on any atom is 0.407 e. The van der Waals surface area contributed by atoms with Gasteiger partial charge in [-0.3, -0.25) is 14.4 Å². The maximum atomic E-state index is 13.5. The van der Waals surface area contributed by atoms with E-state index in [1.54, 1.807) is 30.3 Å². The third kappa shape index (κ3) is 6.65. The Hall–Kier alpha value is -4.96. The predicted molar refractivity (Wildman–Crippen MR) is 168 cm³/mol. The van der Waals surface area contributed by atoms with Gasteiger partial charge in [0.05, 0.1) is 26.3 Å². The van der Waals surface area contributed by atoms with Crippen LogP contribution in [0.4, 0.5) is 10.5 Å². The first-order valence-electron chi connectivity index (χ1n) is 13.8. The molecule has 0 fully saturated rings. The molecule has 0 heterocycles. The number of methoxy groups -OCH3 is 2. The Morgan fingerprint density at radius 1 is 0.841 bits per heavy atom. The van der Waals surface area contributed by atoms with Crippen LogP contribution in [-0.2, 0) is 19.1 Å². The molecule has 0 saturated carbocycles. The number of carbonyl (C=O) groups excluding carboxylic acids is 4. The topological polar surface area (TPSA) is 120 Å². The van der Waals surface area contributed by atoms with E-state index in [9.17, 15) is 19.2 Å². The number of hydrogen-bond donors (Lipinski definition) is 2. The van der Waals surface area contributed by atoms with Gasteiger partial charge in [0.25, 0.3) is 0 Å². The molecule has 1 unspecified atom stereocenters. The van der Waals surface area contributed by atoms with Crippen molar-refractivity contribution in [3.05, 3.63) is 118 Å². The fourth-order valence-corrected chi connectivity index (χ4v) is 5.43. The summed E-state index contributed by atoms with van der Waals surface area (Å²) in [6.07, 6.45) is -1.34. The van der Waals surface area contributed by atoms with Gasteiger partial charge < -0.3 is 24.8 Å². The second-order valence-electron chi connectivity index (χ2n) is 10.0. The molecule has 2 N–H and O–H groups in total. The lowest BCUT2D eigenvalue weighted by Gasteiger charge is -2.20. The van der Waals surface area contributed by atoms with Gasteiger partial charge in [-0.2, -0.15) is 0 Å². The van der Waals surface area contributed by atoms with Gasteiger partial charge in [-0.05, 0) is 64.7 Å². The first-order valence-corrected chi connectivity index (χ1v) is 14.6. The molecule has 0 saturated heterocycles. The number of benzene rings is 4. The highest BCUT2D eigenvalue weighted by Crippen LogP contribution is 2.44. The molecule has 44 heavy (non-hydrogen) atoms. The zero-order valence-electron chi connectivity index (χ0n) is 24.0. The van der Waals surface area contributed by atoms with Crippen molar-refractivity contribution in [2.24, 2.45) is 0 Å². The Balaban J connectivity index is 1.32. The van der Waals surface area contributed by atoms with E-state index < -0.39 is 30.4 Å². The summed E-state index contributed by atoms with van der Waals surface area (Å²) in [4.78, 5) is 52.1. The summed E-state index contributed by atoms with van der Waals surface area (Å²) in [5.74, 6) is -1.59. The average Bonchev–Trinajstić information content (AvgIpc) is 3.37. The number of hydrogen-bond acceptors (Lipinski definition) is 7. The summed E-state index contributed by atoms with van der Waals surface area (Å²) < 4.78 is 16.4. The van der Waals surface area contributed by atoms with E-state index in [1.165, 1.54) is 26.4 Å². The standard InChI is InChI=1S/C34H29BrN2O7/c1-42-22-15-16-29(27(17-22)32(39)20-11-13-21(35)14-12-20)36-33(40)30(18-31(38)43-2)37-34(41)44-19-28-25-9-5-3-7-23(25)24-8-4-6-10-26(24)28/h3-17,28,30H,18-19H2,1-2H3,(H,36,40)(H,37,41). The Bertz CT molecular complexity index is 1680. The van der Waals surface area contributed by atoms with Gasteiger partial charge in [0.2, 0.25) is 5.91 Å². The van der Waals surface area contributed by atoms with Gasteiger partial charge in [-0.1, -0.05) is 64.5 Å². The van der Waals surface area contributed by atoms with E-state index in [0.29, 0.717) is 11.3 Å². The van der Waals surface area contributed by atoms with E-state index in [2.05, 4.69) is 26.6 Å². The fraction of sp³-hybridized carbons (Fsp3) is 0.176. The van der Waals surface area contributed by atoms with E-state index in [0.717, 1.165) is 26.7 Å². The SMILES string of the molecule is COC(=O)CC(NC(=O)OCC1c2ccccc2-c2ccccc21)C(=O)Nc1ccc(OC)cc1C(=O)c1ccc(Br)cc1. The zero-order chi connectivity index (χ0) is 31.2. The van der Waals surface area contributed by atoms with Crippen LogP contribution in [0.5, 0.6) is 5.75 Å². The number of ether oxygens (including phenoxy) is 3. The van der Waals surface area contributed by atoms with Crippen molar-refractivity contribution in [1.29, 1.82) is 0 Å². The molecule has 0 bridgehead atoms. The number of alkyl carbamates (subject to hydrolysis) is 1. The lowest BCUT2D eigenvalue weighted by atomic mass is 9.98. The van der Waals surface area contributed by atoms with Gasteiger partial charge in [0.1, 0.15) is 18.4 Å². The Kier molecular flexibility index (Phi) is 9.40. The number of amides is 2. The Morgan fingerprint density at radius 2 is 1.48 bits per heavy atom. The summed E-state index contributed by atoms with van der Waals surface area (Å²) in [5.41, 5.74) is 4.95. The van der Waals surface area contributed by atoms with Gasteiger partial charge >= 0.3 is 12.1 Å². The number of nitrogens with one attached hydrogen (secondary N) is 2. The van der Waals surface area contributed by atoms with Crippen LogP contribution in [0.3, 0.4) is 0 Å². The van der Waals surface area contributed by atoms with Gasteiger partial charge in [-0.25, -0.2) is 4.79 Å². The quantitative estimate of drug-likeness (QED) is 0.156. The first-order chi connectivity index (χ1) is 21.3. The molecule has 0 aliphatic heterocycles. The molecule has 5 rings (SSSR count). The van der Waals surface area contributed by atoms with E-state index in [1.807, 2.05) is 48.5 Å². The second-order valence-corrected chi connectivity index (χ2v) is 11.0.